The molecule has 0 bridgehead atoms. The van der Waals surface area contributed by atoms with Crippen LogP contribution in [-0.2, 0) is 30.8 Å². The molecule has 0 aliphatic carbocycles. The lowest BCUT2D eigenvalue weighted by atomic mass is 10.1. The number of rotatable bonds is 6. The molecule has 1 atom stereocenters. The summed E-state index contributed by atoms with van der Waals surface area (Å²) in [6.07, 6.45) is 0.597. The average Bonchev–Trinajstić information content (AvgIpc) is 3.23. The van der Waals surface area contributed by atoms with Gasteiger partial charge in [-0.25, -0.2) is 13.4 Å². The molecule has 9 heteroatoms. The van der Waals surface area contributed by atoms with E-state index in [1.165, 1.54) is 18.3 Å². The Hall–Kier alpha value is -2.26. The average molecular weight is 437 g/mol. The molecule has 1 aromatic carbocycles. The molecule has 156 valence electrons. The summed E-state index contributed by atoms with van der Waals surface area (Å²) in [4.78, 5) is 30.3. The van der Waals surface area contributed by atoms with Crippen LogP contribution in [-0.4, -0.2) is 36.8 Å². The Labute approximate surface area is 174 Å². The van der Waals surface area contributed by atoms with Crippen LogP contribution in [0.1, 0.15) is 36.6 Å². The minimum atomic E-state index is -3.01. The third-order valence-corrected chi connectivity index (χ3v) is 7.74. The molecule has 7 nitrogen and oxygen atoms in total. The van der Waals surface area contributed by atoms with Gasteiger partial charge in [0, 0.05) is 18.7 Å². The van der Waals surface area contributed by atoms with Gasteiger partial charge in [-0.1, -0.05) is 12.1 Å². The largest absolute Gasteiger partial charge is 0.459 e. The van der Waals surface area contributed by atoms with Crippen LogP contribution in [0.5, 0.6) is 0 Å². The molecular weight excluding hydrogens is 412 g/mol. The zero-order chi connectivity index (χ0) is 21.2. The van der Waals surface area contributed by atoms with Crippen molar-refractivity contribution in [3.05, 3.63) is 40.4 Å². The van der Waals surface area contributed by atoms with Crippen molar-refractivity contribution in [2.45, 2.75) is 40.2 Å². The molecule has 0 saturated carbocycles. The predicted molar refractivity (Wildman–Crippen MR) is 112 cm³/mol. The first-order valence-electron chi connectivity index (χ1n) is 9.33. The standard InChI is InChI=1S/C20H24N2O5S2/c1-13-5-4-6-18(14(13)2)22(15(3)23)20-21-17(11-28-20)10-27-19(24)9-16-7-8-29(25,26)12-16/h4-6,11,16H,7-10,12H2,1-3H3. The highest BCUT2D eigenvalue weighted by atomic mass is 32.2. The molecule has 1 saturated heterocycles. The number of anilines is 2. The number of carbonyl (C=O) groups is 2. The Morgan fingerprint density at radius 1 is 1.31 bits per heavy atom. The van der Waals surface area contributed by atoms with E-state index in [0.29, 0.717) is 17.2 Å². The number of aryl methyl sites for hydroxylation is 1. The lowest BCUT2D eigenvalue weighted by Gasteiger charge is -2.21. The normalized spacial score (nSPS) is 17.8. The van der Waals surface area contributed by atoms with Crippen LogP contribution < -0.4 is 4.90 Å². The second-order valence-corrected chi connectivity index (χ2v) is 10.4. The summed E-state index contributed by atoms with van der Waals surface area (Å²) in [5.74, 6) is -0.568. The second-order valence-electron chi connectivity index (χ2n) is 7.33. The number of amides is 1. The van der Waals surface area contributed by atoms with Crippen molar-refractivity contribution in [3.63, 3.8) is 0 Å². The van der Waals surface area contributed by atoms with Crippen LogP contribution in [0, 0.1) is 19.8 Å². The van der Waals surface area contributed by atoms with Crippen LogP contribution in [0.4, 0.5) is 10.8 Å². The Morgan fingerprint density at radius 3 is 2.72 bits per heavy atom. The van der Waals surface area contributed by atoms with E-state index in [4.69, 9.17) is 4.74 Å². The first kappa shape index (κ1) is 21.4. The fourth-order valence-electron chi connectivity index (χ4n) is 3.33. The Balaban J connectivity index is 1.65. The summed E-state index contributed by atoms with van der Waals surface area (Å²) >= 11 is 1.30. The number of nitrogens with zero attached hydrogens (tertiary/aromatic N) is 2. The number of benzene rings is 1. The maximum Gasteiger partial charge on any atom is 0.306 e. The highest BCUT2D eigenvalue weighted by molar-refractivity contribution is 7.91. The molecular formula is C20H24N2O5S2. The topological polar surface area (TPSA) is 93.6 Å². The fourth-order valence-corrected chi connectivity index (χ4v) is 6.06. The SMILES string of the molecule is CC(=O)N(c1nc(COC(=O)CC2CCS(=O)(=O)C2)cs1)c1cccc(C)c1C. The summed E-state index contributed by atoms with van der Waals surface area (Å²) in [5, 5.41) is 2.27. The molecule has 2 heterocycles. The number of hydrogen-bond donors (Lipinski definition) is 0. The first-order valence-corrected chi connectivity index (χ1v) is 12.0. The molecule has 0 radical (unpaired) electrons. The molecule has 3 rings (SSSR count). The highest BCUT2D eigenvalue weighted by Crippen LogP contribution is 2.32. The van der Waals surface area contributed by atoms with Gasteiger partial charge in [0.1, 0.15) is 6.61 Å². The monoisotopic (exact) mass is 436 g/mol. The number of thiazole rings is 1. The van der Waals surface area contributed by atoms with E-state index in [1.54, 1.807) is 10.3 Å². The first-order chi connectivity index (χ1) is 13.7. The summed E-state index contributed by atoms with van der Waals surface area (Å²) < 4.78 is 28.3. The van der Waals surface area contributed by atoms with Gasteiger partial charge in [-0.15, -0.1) is 11.3 Å². The molecule has 1 unspecified atom stereocenters. The molecule has 1 amide bonds. The number of esters is 1. The van der Waals surface area contributed by atoms with Crippen molar-refractivity contribution in [2.24, 2.45) is 5.92 Å². The van der Waals surface area contributed by atoms with Crippen molar-refractivity contribution in [2.75, 3.05) is 16.4 Å². The fraction of sp³-hybridized carbons (Fsp3) is 0.450. The van der Waals surface area contributed by atoms with E-state index >= 15 is 0 Å². The van der Waals surface area contributed by atoms with Gasteiger partial charge >= 0.3 is 5.97 Å². The van der Waals surface area contributed by atoms with Gasteiger partial charge in [0.25, 0.3) is 0 Å². The van der Waals surface area contributed by atoms with Crippen molar-refractivity contribution < 1.29 is 22.7 Å². The molecule has 1 aliphatic heterocycles. The molecule has 2 aromatic rings. The van der Waals surface area contributed by atoms with Gasteiger partial charge in [0.15, 0.2) is 15.0 Å². The molecule has 1 aliphatic rings. The maximum absolute atomic E-state index is 12.3. The van der Waals surface area contributed by atoms with Gasteiger partial charge in [-0.05, 0) is 43.4 Å². The van der Waals surface area contributed by atoms with Crippen molar-refractivity contribution in [1.82, 2.24) is 4.98 Å². The Kier molecular flexibility index (Phi) is 6.38. The summed E-state index contributed by atoms with van der Waals surface area (Å²) in [6.45, 7) is 5.42. The number of carbonyl (C=O) groups excluding carboxylic acids is 2. The van der Waals surface area contributed by atoms with Crippen LogP contribution in [0.2, 0.25) is 0 Å². The van der Waals surface area contributed by atoms with Gasteiger partial charge in [-0.3, -0.25) is 14.5 Å². The van der Waals surface area contributed by atoms with Crippen LogP contribution in [0.15, 0.2) is 23.6 Å². The summed E-state index contributed by atoms with van der Waals surface area (Å²) in [6, 6.07) is 5.76. The Bertz CT molecular complexity index is 1030. The number of sulfone groups is 1. The molecule has 0 spiro atoms. The summed E-state index contributed by atoms with van der Waals surface area (Å²) in [5.41, 5.74) is 3.40. The lowest BCUT2D eigenvalue weighted by molar-refractivity contribution is -0.146. The third-order valence-electron chi connectivity index (χ3n) is 5.03. The van der Waals surface area contributed by atoms with Gasteiger partial charge in [0.05, 0.1) is 22.9 Å². The zero-order valence-corrected chi connectivity index (χ0v) is 18.3. The lowest BCUT2D eigenvalue weighted by Crippen LogP contribution is -2.23. The van der Waals surface area contributed by atoms with E-state index < -0.39 is 15.8 Å². The van der Waals surface area contributed by atoms with Crippen LogP contribution in [0.25, 0.3) is 0 Å². The Morgan fingerprint density at radius 2 is 2.07 bits per heavy atom. The molecule has 29 heavy (non-hydrogen) atoms. The van der Waals surface area contributed by atoms with E-state index in [1.807, 2.05) is 32.0 Å². The number of aromatic nitrogens is 1. The van der Waals surface area contributed by atoms with Crippen LogP contribution >= 0.6 is 11.3 Å². The minimum Gasteiger partial charge on any atom is -0.459 e. The van der Waals surface area contributed by atoms with E-state index in [-0.39, 0.29) is 36.4 Å². The predicted octanol–water partition coefficient (Wildman–Crippen LogP) is 3.31. The highest BCUT2D eigenvalue weighted by Gasteiger charge is 2.30. The maximum atomic E-state index is 12.3. The second kappa shape index (κ2) is 8.62. The molecule has 1 aromatic heterocycles. The van der Waals surface area contributed by atoms with Crippen LogP contribution in [0.3, 0.4) is 0 Å². The van der Waals surface area contributed by atoms with Crippen molar-refractivity contribution in [3.8, 4) is 0 Å². The van der Waals surface area contributed by atoms with Crippen molar-refractivity contribution in [1.29, 1.82) is 0 Å². The molecule has 1 fully saturated rings. The van der Waals surface area contributed by atoms with Gasteiger partial charge in [-0.2, -0.15) is 0 Å². The quantitative estimate of drug-likeness (QED) is 0.645. The van der Waals surface area contributed by atoms with Crippen molar-refractivity contribution >= 4 is 43.9 Å². The van der Waals surface area contributed by atoms with E-state index in [0.717, 1.165) is 16.8 Å². The third kappa shape index (κ3) is 5.22. The van der Waals surface area contributed by atoms with Gasteiger partial charge < -0.3 is 4.74 Å². The molecule has 0 N–H and O–H groups in total. The summed E-state index contributed by atoms with van der Waals surface area (Å²) in [7, 11) is -3.01. The van der Waals surface area contributed by atoms with Gasteiger partial charge in [0.2, 0.25) is 5.91 Å². The zero-order valence-electron chi connectivity index (χ0n) is 16.7. The van der Waals surface area contributed by atoms with E-state index in [9.17, 15) is 18.0 Å². The number of ether oxygens (including phenoxy) is 1. The van der Waals surface area contributed by atoms with E-state index in [2.05, 4.69) is 4.98 Å². The minimum absolute atomic E-state index is 0.00660. The smallest absolute Gasteiger partial charge is 0.306 e. The number of hydrogen-bond acceptors (Lipinski definition) is 7.